The first-order chi connectivity index (χ1) is 6.11. The SMILES string of the molecule is CC(C)B(Nc1nccs1)C(C)C. The molecule has 72 valence electrons. The molecule has 0 saturated carbocycles. The van der Waals surface area contributed by atoms with Crippen LogP contribution in [0.1, 0.15) is 27.7 Å². The van der Waals surface area contributed by atoms with Crippen molar-refractivity contribution >= 4 is 23.3 Å². The van der Waals surface area contributed by atoms with Crippen molar-refractivity contribution in [2.24, 2.45) is 0 Å². The molecule has 0 aliphatic rings. The van der Waals surface area contributed by atoms with Crippen LogP contribution in [0.5, 0.6) is 0 Å². The van der Waals surface area contributed by atoms with E-state index in [1.807, 2.05) is 11.6 Å². The maximum atomic E-state index is 4.23. The number of hydrogen-bond donors (Lipinski definition) is 1. The Kier molecular flexibility index (Phi) is 3.79. The van der Waals surface area contributed by atoms with Gasteiger partial charge in [0, 0.05) is 11.6 Å². The third-order valence-corrected chi connectivity index (χ3v) is 2.86. The molecule has 0 saturated heterocycles. The van der Waals surface area contributed by atoms with Gasteiger partial charge in [0.05, 0.1) is 0 Å². The average molecular weight is 196 g/mol. The quantitative estimate of drug-likeness (QED) is 0.746. The topological polar surface area (TPSA) is 24.9 Å². The molecule has 0 aromatic carbocycles. The number of nitrogens with zero attached hydrogens (tertiary/aromatic N) is 1. The Morgan fingerprint density at radius 1 is 1.31 bits per heavy atom. The van der Waals surface area contributed by atoms with Crippen LogP contribution in [0.15, 0.2) is 11.6 Å². The second kappa shape index (κ2) is 4.65. The highest BCUT2D eigenvalue weighted by atomic mass is 32.1. The molecule has 0 unspecified atom stereocenters. The number of anilines is 1. The third-order valence-electron chi connectivity index (χ3n) is 2.16. The van der Waals surface area contributed by atoms with Crippen molar-refractivity contribution in [3.8, 4) is 0 Å². The van der Waals surface area contributed by atoms with Crippen LogP contribution in [0.3, 0.4) is 0 Å². The highest BCUT2D eigenvalue weighted by Gasteiger charge is 2.23. The van der Waals surface area contributed by atoms with Crippen LogP contribution >= 0.6 is 11.3 Å². The molecular formula is C9H17BN2S. The lowest BCUT2D eigenvalue weighted by molar-refractivity contribution is 0.940. The van der Waals surface area contributed by atoms with Crippen molar-refractivity contribution in [2.45, 2.75) is 39.3 Å². The van der Waals surface area contributed by atoms with Crippen molar-refractivity contribution < 1.29 is 0 Å². The lowest BCUT2D eigenvalue weighted by Gasteiger charge is -2.21. The van der Waals surface area contributed by atoms with Gasteiger partial charge in [-0.1, -0.05) is 27.7 Å². The van der Waals surface area contributed by atoms with Crippen molar-refractivity contribution in [3.63, 3.8) is 0 Å². The molecule has 1 aromatic heterocycles. The Bertz CT molecular complexity index is 226. The Morgan fingerprint density at radius 2 is 1.92 bits per heavy atom. The van der Waals surface area contributed by atoms with Crippen LogP contribution in [0, 0.1) is 0 Å². The fraction of sp³-hybridized carbons (Fsp3) is 0.667. The van der Waals surface area contributed by atoms with E-state index in [-0.39, 0.29) is 0 Å². The smallest absolute Gasteiger partial charge is 0.259 e. The van der Waals surface area contributed by atoms with E-state index in [1.54, 1.807) is 11.3 Å². The van der Waals surface area contributed by atoms with Crippen molar-refractivity contribution in [2.75, 3.05) is 5.23 Å². The summed E-state index contributed by atoms with van der Waals surface area (Å²) < 4.78 is 0. The molecule has 1 N–H and O–H groups in total. The van der Waals surface area contributed by atoms with Crippen LogP contribution in [-0.2, 0) is 0 Å². The van der Waals surface area contributed by atoms with Crippen molar-refractivity contribution in [1.29, 1.82) is 0 Å². The minimum Gasteiger partial charge on any atom is -0.404 e. The van der Waals surface area contributed by atoms with E-state index in [1.165, 1.54) is 0 Å². The zero-order valence-corrected chi connectivity index (χ0v) is 9.56. The van der Waals surface area contributed by atoms with E-state index >= 15 is 0 Å². The Morgan fingerprint density at radius 3 is 2.31 bits per heavy atom. The van der Waals surface area contributed by atoms with Crippen LogP contribution in [0.25, 0.3) is 0 Å². The molecule has 1 heterocycles. The van der Waals surface area contributed by atoms with E-state index in [0.29, 0.717) is 18.5 Å². The minimum atomic E-state index is 0.520. The van der Waals surface area contributed by atoms with Crippen LogP contribution in [0.4, 0.5) is 5.13 Å². The lowest BCUT2D eigenvalue weighted by atomic mass is 9.45. The summed E-state index contributed by atoms with van der Waals surface area (Å²) in [4.78, 5) is 4.23. The van der Waals surface area contributed by atoms with Gasteiger partial charge in [-0.3, -0.25) is 0 Å². The number of hydrogen-bond acceptors (Lipinski definition) is 3. The maximum absolute atomic E-state index is 4.23. The molecule has 0 bridgehead atoms. The minimum absolute atomic E-state index is 0.520. The second-order valence-electron chi connectivity index (χ2n) is 4.00. The molecule has 1 rings (SSSR count). The predicted molar refractivity (Wildman–Crippen MR) is 61.7 cm³/mol. The summed E-state index contributed by atoms with van der Waals surface area (Å²) in [6.45, 7) is 9.48. The molecule has 0 aliphatic carbocycles. The molecular weight excluding hydrogens is 179 g/mol. The Labute approximate surface area is 84.9 Å². The van der Waals surface area contributed by atoms with E-state index < -0.39 is 0 Å². The lowest BCUT2D eigenvalue weighted by Crippen LogP contribution is -2.31. The van der Waals surface area contributed by atoms with Crippen molar-refractivity contribution in [3.05, 3.63) is 11.6 Å². The summed E-state index contributed by atoms with van der Waals surface area (Å²) in [6.07, 6.45) is 1.84. The zero-order chi connectivity index (χ0) is 9.84. The van der Waals surface area contributed by atoms with Crippen LogP contribution in [0.2, 0.25) is 11.6 Å². The largest absolute Gasteiger partial charge is 0.404 e. The van der Waals surface area contributed by atoms with Gasteiger partial charge in [0.2, 0.25) is 0 Å². The first-order valence-corrected chi connectivity index (χ1v) is 5.65. The molecule has 0 radical (unpaired) electrons. The second-order valence-corrected chi connectivity index (χ2v) is 4.89. The van der Waals surface area contributed by atoms with Gasteiger partial charge in [-0.25, -0.2) is 4.98 Å². The van der Waals surface area contributed by atoms with Gasteiger partial charge in [-0.2, -0.15) is 0 Å². The summed E-state index contributed by atoms with van der Waals surface area (Å²) in [5.41, 5.74) is 0. The average Bonchev–Trinajstić information content (AvgIpc) is 2.50. The van der Waals surface area contributed by atoms with Gasteiger partial charge in [-0.15, -0.1) is 11.3 Å². The number of thiazole rings is 1. The predicted octanol–water partition coefficient (Wildman–Crippen LogP) is 3.37. The highest BCUT2D eigenvalue weighted by Crippen LogP contribution is 2.22. The van der Waals surface area contributed by atoms with Gasteiger partial charge in [0.25, 0.3) is 6.85 Å². The Balaban J connectivity index is 2.58. The summed E-state index contributed by atoms with van der Waals surface area (Å²) in [7, 11) is 0. The summed E-state index contributed by atoms with van der Waals surface area (Å²) in [6, 6.07) is 0. The highest BCUT2D eigenvalue weighted by molar-refractivity contribution is 7.14. The molecule has 0 atom stereocenters. The number of rotatable bonds is 4. The summed E-state index contributed by atoms with van der Waals surface area (Å²) in [5.74, 6) is 1.28. The summed E-state index contributed by atoms with van der Waals surface area (Å²) >= 11 is 1.66. The first-order valence-electron chi connectivity index (χ1n) is 4.77. The fourth-order valence-electron chi connectivity index (χ4n) is 1.54. The van der Waals surface area contributed by atoms with Gasteiger partial charge in [0.15, 0.2) is 5.13 Å². The Hall–Kier alpha value is -0.505. The molecule has 0 amide bonds. The third kappa shape index (κ3) is 3.03. The number of nitrogens with one attached hydrogen (secondary N) is 1. The normalized spacial score (nSPS) is 10.9. The van der Waals surface area contributed by atoms with Crippen LogP contribution < -0.4 is 5.23 Å². The molecule has 2 nitrogen and oxygen atoms in total. The molecule has 0 spiro atoms. The van der Waals surface area contributed by atoms with Gasteiger partial charge < -0.3 is 5.23 Å². The zero-order valence-electron chi connectivity index (χ0n) is 8.74. The van der Waals surface area contributed by atoms with Gasteiger partial charge in [-0.05, 0) is 11.6 Å². The molecule has 1 aromatic rings. The van der Waals surface area contributed by atoms with E-state index in [4.69, 9.17) is 0 Å². The summed E-state index contributed by atoms with van der Waals surface area (Å²) in [5, 5.41) is 6.50. The molecule has 0 fully saturated rings. The number of aromatic nitrogens is 1. The van der Waals surface area contributed by atoms with Gasteiger partial charge in [0.1, 0.15) is 0 Å². The van der Waals surface area contributed by atoms with E-state index in [2.05, 4.69) is 37.9 Å². The molecule has 13 heavy (non-hydrogen) atoms. The first kappa shape index (κ1) is 10.6. The molecule has 4 heteroatoms. The van der Waals surface area contributed by atoms with E-state index in [0.717, 1.165) is 5.13 Å². The standard InChI is InChI=1S/C9H17BN2S/c1-7(2)10(8(3)4)12-9-11-5-6-13-9/h5-8H,1-4H3,(H,11,12). The molecule has 0 aliphatic heterocycles. The van der Waals surface area contributed by atoms with Crippen LogP contribution in [-0.4, -0.2) is 11.8 Å². The van der Waals surface area contributed by atoms with E-state index in [9.17, 15) is 0 Å². The fourth-order valence-corrected chi connectivity index (χ4v) is 2.12. The maximum Gasteiger partial charge on any atom is 0.259 e. The van der Waals surface area contributed by atoms with Crippen molar-refractivity contribution in [1.82, 2.24) is 4.98 Å². The monoisotopic (exact) mass is 196 g/mol. The van der Waals surface area contributed by atoms with Gasteiger partial charge >= 0.3 is 0 Å².